The molecule has 0 bridgehead atoms. The molecule has 4 N–H and O–H groups in total. The monoisotopic (exact) mass is 348 g/mol. The normalized spacial score (nSPS) is 13.3. The van der Waals surface area contributed by atoms with Crippen LogP contribution in [0.3, 0.4) is 0 Å². The molecule has 0 saturated carbocycles. The maximum Gasteiger partial charge on any atom is 0.337 e. The molecule has 20 heavy (non-hydrogen) atoms. The molecule has 0 saturated heterocycles. The molecular formula is C11H13BrN2O6. The Bertz CT molecular complexity index is 525. The van der Waals surface area contributed by atoms with Crippen LogP contribution in [-0.2, 0) is 9.59 Å². The van der Waals surface area contributed by atoms with Crippen LogP contribution in [0.1, 0.15) is 17.5 Å². The van der Waals surface area contributed by atoms with Gasteiger partial charge in [0.25, 0.3) is 5.91 Å². The molecule has 110 valence electrons. The van der Waals surface area contributed by atoms with Gasteiger partial charge in [-0.1, -0.05) is 0 Å². The summed E-state index contributed by atoms with van der Waals surface area (Å²) < 4.78 is 5.36. The Morgan fingerprint density at radius 3 is 2.50 bits per heavy atom. The summed E-state index contributed by atoms with van der Waals surface area (Å²) in [6.07, 6.45) is 0. The molecule has 0 spiro atoms. The summed E-state index contributed by atoms with van der Waals surface area (Å²) in [6, 6.07) is 2.95. The molecule has 0 aliphatic carbocycles. The number of carboxylic acid groups (broad SMARTS) is 1. The summed E-state index contributed by atoms with van der Waals surface area (Å²) in [5.41, 5.74) is -2.06. The number of carboxylic acids is 1. The molecule has 0 radical (unpaired) electrons. The zero-order chi connectivity index (χ0) is 15.3. The molecule has 1 heterocycles. The quantitative estimate of drug-likeness (QED) is 0.559. The van der Waals surface area contributed by atoms with E-state index in [1.807, 2.05) is 0 Å². The number of nitrogens with one attached hydrogen (secondary N) is 2. The van der Waals surface area contributed by atoms with E-state index in [9.17, 15) is 19.5 Å². The fraction of sp³-hybridized carbons (Fsp3) is 0.364. The van der Waals surface area contributed by atoms with Gasteiger partial charge in [0, 0.05) is 0 Å². The summed E-state index contributed by atoms with van der Waals surface area (Å²) in [5.74, 6) is -2.65. The van der Waals surface area contributed by atoms with E-state index < -0.39 is 29.9 Å². The zero-order valence-electron chi connectivity index (χ0n) is 10.5. The van der Waals surface area contributed by atoms with Gasteiger partial charge in [0.15, 0.2) is 16.0 Å². The highest BCUT2D eigenvalue weighted by Gasteiger charge is 2.30. The highest BCUT2D eigenvalue weighted by molar-refractivity contribution is 9.10. The van der Waals surface area contributed by atoms with Gasteiger partial charge in [-0.15, -0.1) is 0 Å². The fourth-order valence-corrected chi connectivity index (χ4v) is 1.40. The van der Waals surface area contributed by atoms with Gasteiger partial charge in [-0.25, -0.2) is 4.79 Å². The van der Waals surface area contributed by atoms with Gasteiger partial charge in [-0.05, 0) is 35.0 Å². The van der Waals surface area contributed by atoms with E-state index in [2.05, 4.69) is 26.6 Å². The van der Waals surface area contributed by atoms with Crippen molar-refractivity contribution in [3.8, 4) is 0 Å². The van der Waals surface area contributed by atoms with Crippen molar-refractivity contribution in [2.45, 2.75) is 12.5 Å². The summed E-state index contributed by atoms with van der Waals surface area (Å²) >= 11 is 3.03. The van der Waals surface area contributed by atoms with E-state index in [0.717, 1.165) is 6.92 Å². The number of amides is 2. The lowest BCUT2D eigenvalue weighted by molar-refractivity contribution is -0.156. The van der Waals surface area contributed by atoms with E-state index in [-0.39, 0.29) is 12.3 Å². The van der Waals surface area contributed by atoms with Crippen LogP contribution in [0, 0.1) is 0 Å². The van der Waals surface area contributed by atoms with Crippen LogP contribution in [0.2, 0.25) is 0 Å². The molecule has 0 fully saturated rings. The number of aliphatic hydroxyl groups is 1. The van der Waals surface area contributed by atoms with Crippen molar-refractivity contribution >= 4 is 33.7 Å². The van der Waals surface area contributed by atoms with E-state index >= 15 is 0 Å². The van der Waals surface area contributed by atoms with Crippen molar-refractivity contribution in [3.05, 3.63) is 22.6 Å². The van der Waals surface area contributed by atoms with Crippen LogP contribution < -0.4 is 10.6 Å². The average molecular weight is 349 g/mol. The molecule has 8 nitrogen and oxygen atoms in total. The lowest BCUT2D eigenvalue weighted by Crippen LogP contribution is -2.48. The van der Waals surface area contributed by atoms with E-state index in [1.165, 1.54) is 12.1 Å². The molecule has 1 aromatic heterocycles. The van der Waals surface area contributed by atoms with Crippen LogP contribution in [-0.4, -0.2) is 46.7 Å². The lowest BCUT2D eigenvalue weighted by Gasteiger charge is -2.18. The van der Waals surface area contributed by atoms with Crippen molar-refractivity contribution < 1.29 is 29.0 Å². The molecule has 0 aliphatic heterocycles. The molecule has 1 rings (SSSR count). The van der Waals surface area contributed by atoms with E-state index in [4.69, 9.17) is 9.52 Å². The predicted octanol–water partition coefficient (Wildman–Crippen LogP) is -0.276. The Kier molecular flexibility index (Phi) is 5.28. The number of rotatable bonds is 6. The summed E-state index contributed by atoms with van der Waals surface area (Å²) in [6.45, 7) is 0.213. The number of hydrogen-bond acceptors (Lipinski definition) is 5. The average Bonchev–Trinajstić information content (AvgIpc) is 2.80. The van der Waals surface area contributed by atoms with Crippen LogP contribution in [0.5, 0.6) is 0 Å². The van der Waals surface area contributed by atoms with E-state index in [1.54, 1.807) is 0 Å². The summed E-state index contributed by atoms with van der Waals surface area (Å²) in [4.78, 5) is 33.5. The van der Waals surface area contributed by atoms with Gasteiger partial charge in [-0.3, -0.25) is 9.59 Å². The first-order valence-electron chi connectivity index (χ1n) is 5.48. The molecule has 9 heteroatoms. The minimum atomic E-state index is -2.06. The Morgan fingerprint density at radius 2 is 2.00 bits per heavy atom. The SMILES string of the molecule is CC(O)(CNC(=O)CNC(=O)c1ccc(Br)o1)C(=O)O. The third-order valence-electron chi connectivity index (χ3n) is 2.30. The number of carbonyl (C=O) groups is 3. The van der Waals surface area contributed by atoms with Crippen molar-refractivity contribution in [1.82, 2.24) is 10.6 Å². The topological polar surface area (TPSA) is 129 Å². The molecule has 1 atom stereocenters. The van der Waals surface area contributed by atoms with E-state index in [0.29, 0.717) is 4.67 Å². The predicted molar refractivity (Wildman–Crippen MR) is 70.0 cm³/mol. The second-order valence-corrected chi connectivity index (χ2v) is 4.92. The fourth-order valence-electron chi connectivity index (χ4n) is 1.09. The first kappa shape index (κ1) is 16.2. The second-order valence-electron chi connectivity index (χ2n) is 4.14. The molecule has 0 aromatic carbocycles. The van der Waals surface area contributed by atoms with Crippen LogP contribution >= 0.6 is 15.9 Å². The minimum Gasteiger partial charge on any atom is -0.479 e. The van der Waals surface area contributed by atoms with Crippen LogP contribution in [0.15, 0.2) is 21.2 Å². The van der Waals surface area contributed by atoms with Gasteiger partial charge in [-0.2, -0.15) is 0 Å². The number of furan rings is 1. The van der Waals surface area contributed by atoms with Crippen molar-refractivity contribution in [1.29, 1.82) is 0 Å². The van der Waals surface area contributed by atoms with Crippen molar-refractivity contribution in [3.63, 3.8) is 0 Å². The number of carbonyl (C=O) groups excluding carboxylic acids is 2. The van der Waals surface area contributed by atoms with Gasteiger partial charge < -0.3 is 25.3 Å². The Balaban J connectivity index is 2.37. The molecule has 2 amide bonds. The Morgan fingerprint density at radius 1 is 1.35 bits per heavy atom. The Hall–Kier alpha value is -1.87. The minimum absolute atomic E-state index is 0.0298. The van der Waals surface area contributed by atoms with Gasteiger partial charge in [0.05, 0.1) is 13.1 Å². The zero-order valence-corrected chi connectivity index (χ0v) is 12.1. The Labute approximate surface area is 122 Å². The third kappa shape index (κ3) is 4.67. The van der Waals surface area contributed by atoms with Crippen molar-refractivity contribution in [2.24, 2.45) is 0 Å². The van der Waals surface area contributed by atoms with Gasteiger partial charge >= 0.3 is 5.97 Å². The highest BCUT2D eigenvalue weighted by atomic mass is 79.9. The van der Waals surface area contributed by atoms with Crippen LogP contribution in [0.25, 0.3) is 0 Å². The largest absolute Gasteiger partial charge is 0.479 e. The van der Waals surface area contributed by atoms with Gasteiger partial charge in [0.1, 0.15) is 0 Å². The van der Waals surface area contributed by atoms with Gasteiger partial charge in [0.2, 0.25) is 5.91 Å². The van der Waals surface area contributed by atoms with Crippen molar-refractivity contribution in [2.75, 3.05) is 13.1 Å². The second kappa shape index (κ2) is 6.53. The molecule has 1 unspecified atom stereocenters. The summed E-state index contributed by atoms with van der Waals surface area (Å²) in [7, 11) is 0. The smallest absolute Gasteiger partial charge is 0.337 e. The maximum atomic E-state index is 11.5. The summed E-state index contributed by atoms with van der Waals surface area (Å²) in [5, 5.41) is 22.5. The highest BCUT2D eigenvalue weighted by Crippen LogP contribution is 2.13. The number of hydrogen-bond donors (Lipinski definition) is 4. The molecule has 1 aromatic rings. The standard InChI is InChI=1S/C11H13BrN2O6/c1-11(19,10(17)18)5-14-8(15)4-13-9(16)6-2-3-7(12)20-6/h2-3,19H,4-5H2,1H3,(H,13,16)(H,14,15)(H,17,18). The third-order valence-corrected chi connectivity index (χ3v) is 2.72. The van der Waals surface area contributed by atoms with Crippen LogP contribution in [0.4, 0.5) is 0 Å². The first-order chi connectivity index (χ1) is 9.22. The first-order valence-corrected chi connectivity index (χ1v) is 6.27. The molecular weight excluding hydrogens is 336 g/mol. The number of halogens is 1. The lowest BCUT2D eigenvalue weighted by atomic mass is 10.1. The molecule has 0 aliphatic rings. The number of aliphatic carboxylic acids is 1. The maximum absolute atomic E-state index is 11.5.